The Morgan fingerprint density at radius 2 is 1.73 bits per heavy atom. The van der Waals surface area contributed by atoms with E-state index >= 15 is 0 Å². The first-order valence-electron chi connectivity index (χ1n) is 10.5. The van der Waals surface area contributed by atoms with Crippen LogP contribution in [0.25, 0.3) is 0 Å². The van der Waals surface area contributed by atoms with Crippen LogP contribution in [0.2, 0.25) is 0 Å². The van der Waals surface area contributed by atoms with Crippen LogP contribution in [0.4, 0.5) is 0 Å². The van der Waals surface area contributed by atoms with Crippen molar-refractivity contribution in [2.24, 2.45) is 0 Å². The molecule has 0 aliphatic rings. The van der Waals surface area contributed by atoms with Crippen molar-refractivity contribution in [1.29, 1.82) is 0 Å². The van der Waals surface area contributed by atoms with Crippen molar-refractivity contribution in [1.82, 2.24) is 10.3 Å². The van der Waals surface area contributed by atoms with Crippen LogP contribution in [0.5, 0.6) is 17.2 Å². The molecule has 1 amide bonds. The highest BCUT2D eigenvalue weighted by Crippen LogP contribution is 2.30. The lowest BCUT2D eigenvalue weighted by Crippen LogP contribution is -2.41. The summed E-state index contributed by atoms with van der Waals surface area (Å²) in [6.45, 7) is 8.42. The van der Waals surface area contributed by atoms with Gasteiger partial charge in [0.25, 0.3) is 5.91 Å². The Balaban J connectivity index is 2.08. The molecule has 33 heavy (non-hydrogen) atoms. The molecule has 1 heterocycles. The summed E-state index contributed by atoms with van der Waals surface area (Å²) in [5.41, 5.74) is 1.87. The van der Waals surface area contributed by atoms with E-state index in [2.05, 4.69) is 10.3 Å². The van der Waals surface area contributed by atoms with Crippen LogP contribution in [-0.2, 0) is 14.3 Å². The topological polar surface area (TPSA) is 113 Å². The summed E-state index contributed by atoms with van der Waals surface area (Å²) < 4.78 is 21.1. The Hall–Kier alpha value is -3.62. The molecule has 0 aliphatic carbocycles. The van der Waals surface area contributed by atoms with Gasteiger partial charge in [0.05, 0.1) is 14.2 Å². The number of benzene rings is 1. The number of nitrogens with one attached hydrogen (secondary N) is 1. The number of aromatic nitrogens is 1. The van der Waals surface area contributed by atoms with E-state index in [1.165, 1.54) is 33.2 Å². The average Bonchev–Trinajstić information content (AvgIpc) is 2.77. The minimum Gasteiger partial charge on any atom is -0.497 e. The first-order chi connectivity index (χ1) is 15.6. The number of carbonyl (C=O) groups is 3. The minimum atomic E-state index is -0.970. The van der Waals surface area contributed by atoms with E-state index in [1.807, 2.05) is 32.0 Å². The number of nitrogens with zero attached hydrogens (tertiary/aromatic N) is 1. The molecule has 0 radical (unpaired) electrons. The Bertz CT molecular complexity index is 1020. The molecule has 0 aliphatic heterocycles. The summed E-state index contributed by atoms with van der Waals surface area (Å²) in [6, 6.07) is 6.21. The zero-order chi connectivity index (χ0) is 24.7. The van der Waals surface area contributed by atoms with Gasteiger partial charge in [-0.1, -0.05) is 13.0 Å². The van der Waals surface area contributed by atoms with E-state index < -0.39 is 30.0 Å². The molecule has 0 saturated heterocycles. The Morgan fingerprint density at radius 3 is 2.30 bits per heavy atom. The second-order valence-corrected chi connectivity index (χ2v) is 7.63. The maximum absolute atomic E-state index is 12.7. The molecule has 9 heteroatoms. The van der Waals surface area contributed by atoms with Gasteiger partial charge in [-0.15, -0.1) is 0 Å². The fourth-order valence-corrected chi connectivity index (χ4v) is 3.25. The summed E-state index contributed by atoms with van der Waals surface area (Å²) >= 11 is 0. The number of hydrogen-bond donors (Lipinski definition) is 1. The van der Waals surface area contributed by atoms with E-state index in [-0.39, 0.29) is 23.1 Å². The summed E-state index contributed by atoms with van der Waals surface area (Å²) in [5.74, 6) is -1.24. The van der Waals surface area contributed by atoms with Crippen molar-refractivity contribution in [3.63, 3.8) is 0 Å². The number of pyridine rings is 1. The van der Waals surface area contributed by atoms with E-state index in [0.29, 0.717) is 0 Å². The number of methoxy groups -OCH3 is 2. The lowest BCUT2D eigenvalue weighted by molar-refractivity contribution is -0.151. The van der Waals surface area contributed by atoms with Crippen molar-refractivity contribution < 1.29 is 33.3 Å². The zero-order valence-electron chi connectivity index (χ0n) is 19.9. The average molecular weight is 459 g/mol. The highest BCUT2D eigenvalue weighted by Gasteiger charge is 2.27. The molecule has 3 atom stereocenters. The van der Waals surface area contributed by atoms with Crippen LogP contribution in [0, 0.1) is 6.92 Å². The number of rotatable bonds is 9. The number of aryl methyl sites for hydroxylation is 1. The van der Waals surface area contributed by atoms with E-state index in [9.17, 15) is 14.4 Å². The summed E-state index contributed by atoms with van der Waals surface area (Å²) in [5, 5.41) is 2.53. The standard InChI is InChI=1S/C24H30N2O7/c1-13-12-18(30-6)8-9-19(13)14(2)16(4)32-24(29)15(3)26-23(28)21-22(33-17(5)27)20(31-7)10-11-25-21/h8-12,14-16H,1-7H3,(H,26,28)/t14-,15-,16+/m0/s1. The van der Waals surface area contributed by atoms with Crippen molar-refractivity contribution >= 4 is 17.8 Å². The molecule has 0 saturated carbocycles. The second-order valence-electron chi connectivity index (χ2n) is 7.63. The normalized spacial score (nSPS) is 13.3. The molecule has 2 aromatic rings. The Labute approximate surface area is 193 Å². The lowest BCUT2D eigenvalue weighted by atomic mass is 9.92. The molecule has 9 nitrogen and oxygen atoms in total. The van der Waals surface area contributed by atoms with Gasteiger partial charge in [-0.25, -0.2) is 9.78 Å². The first-order valence-corrected chi connectivity index (χ1v) is 10.5. The van der Waals surface area contributed by atoms with E-state index in [1.54, 1.807) is 14.0 Å². The van der Waals surface area contributed by atoms with Gasteiger partial charge in [-0.05, 0) is 44.0 Å². The first kappa shape index (κ1) is 25.6. The van der Waals surface area contributed by atoms with E-state index in [4.69, 9.17) is 18.9 Å². The molecule has 178 valence electrons. The van der Waals surface area contributed by atoms with Crippen molar-refractivity contribution in [3.8, 4) is 17.2 Å². The second kappa shape index (κ2) is 11.3. The summed E-state index contributed by atoms with van der Waals surface area (Å²) in [6.07, 6.45) is 0.889. The van der Waals surface area contributed by atoms with Gasteiger partial charge in [0.2, 0.25) is 5.75 Å². The Morgan fingerprint density at radius 1 is 1.03 bits per heavy atom. The SMILES string of the molecule is COc1ccc([C@@H](C)[C@@H](C)OC(=O)[C@H](C)NC(=O)c2nccc(OC)c2OC(C)=O)c(C)c1. The van der Waals surface area contributed by atoms with Crippen LogP contribution >= 0.6 is 0 Å². The molecule has 1 aromatic heterocycles. The predicted octanol–water partition coefficient (Wildman–Crippen LogP) is 3.19. The number of esters is 2. The zero-order valence-corrected chi connectivity index (χ0v) is 19.9. The third kappa shape index (κ3) is 6.44. The molecular formula is C24H30N2O7. The molecular weight excluding hydrogens is 428 g/mol. The number of ether oxygens (including phenoxy) is 4. The number of carbonyl (C=O) groups excluding carboxylic acids is 3. The van der Waals surface area contributed by atoms with Gasteiger partial charge in [-0.2, -0.15) is 0 Å². The molecule has 0 spiro atoms. The fraction of sp³-hybridized carbons (Fsp3) is 0.417. The van der Waals surface area contributed by atoms with Gasteiger partial charge < -0.3 is 24.3 Å². The van der Waals surface area contributed by atoms with Crippen LogP contribution in [-0.4, -0.2) is 49.2 Å². The van der Waals surface area contributed by atoms with Crippen molar-refractivity contribution in [3.05, 3.63) is 47.3 Å². The van der Waals surface area contributed by atoms with Crippen LogP contribution in [0.1, 0.15) is 55.2 Å². The predicted molar refractivity (Wildman–Crippen MR) is 121 cm³/mol. The molecule has 0 unspecified atom stereocenters. The highest BCUT2D eigenvalue weighted by molar-refractivity contribution is 5.98. The maximum Gasteiger partial charge on any atom is 0.328 e. The van der Waals surface area contributed by atoms with Gasteiger partial charge in [0.15, 0.2) is 11.4 Å². The number of hydrogen-bond acceptors (Lipinski definition) is 8. The minimum absolute atomic E-state index is 0.0848. The van der Waals surface area contributed by atoms with Crippen LogP contribution in [0.15, 0.2) is 30.5 Å². The molecule has 0 fully saturated rings. The Kier molecular flexibility index (Phi) is 8.78. The van der Waals surface area contributed by atoms with Gasteiger partial charge >= 0.3 is 11.9 Å². The van der Waals surface area contributed by atoms with Crippen molar-refractivity contribution in [2.75, 3.05) is 14.2 Å². The lowest BCUT2D eigenvalue weighted by Gasteiger charge is -2.24. The van der Waals surface area contributed by atoms with Gasteiger partial charge in [-0.3, -0.25) is 9.59 Å². The largest absolute Gasteiger partial charge is 0.497 e. The smallest absolute Gasteiger partial charge is 0.328 e. The van der Waals surface area contributed by atoms with E-state index in [0.717, 1.165) is 16.9 Å². The highest BCUT2D eigenvalue weighted by atomic mass is 16.6. The van der Waals surface area contributed by atoms with Crippen LogP contribution < -0.4 is 19.5 Å². The number of amides is 1. The van der Waals surface area contributed by atoms with Gasteiger partial charge in [0, 0.05) is 25.1 Å². The monoisotopic (exact) mass is 458 g/mol. The quantitative estimate of drug-likeness (QED) is 0.570. The third-order valence-electron chi connectivity index (χ3n) is 5.22. The molecule has 2 rings (SSSR count). The van der Waals surface area contributed by atoms with Crippen molar-refractivity contribution in [2.45, 2.75) is 52.7 Å². The fourth-order valence-electron chi connectivity index (χ4n) is 3.25. The third-order valence-corrected chi connectivity index (χ3v) is 5.22. The van der Waals surface area contributed by atoms with Crippen LogP contribution in [0.3, 0.4) is 0 Å². The molecule has 0 bridgehead atoms. The maximum atomic E-state index is 12.7. The molecule has 1 N–H and O–H groups in total. The van der Waals surface area contributed by atoms with Gasteiger partial charge in [0.1, 0.15) is 17.9 Å². The molecule has 1 aromatic carbocycles. The summed E-state index contributed by atoms with van der Waals surface area (Å²) in [7, 11) is 2.98. The summed E-state index contributed by atoms with van der Waals surface area (Å²) in [4.78, 5) is 40.8.